The van der Waals surface area contributed by atoms with Crippen LogP contribution in [-0.2, 0) is 9.47 Å². The summed E-state index contributed by atoms with van der Waals surface area (Å²) in [6.07, 6.45) is -1.74. The SMILES string of the molecule is CCOC(=O)OC(C#N)c1c(C)cccc1C. The minimum Gasteiger partial charge on any atom is -0.435 e. The molecule has 0 saturated carbocycles. The molecule has 4 nitrogen and oxygen atoms in total. The molecule has 0 radical (unpaired) electrons. The van der Waals surface area contributed by atoms with E-state index >= 15 is 0 Å². The lowest BCUT2D eigenvalue weighted by molar-refractivity contribution is 0.0418. The number of nitriles is 1. The summed E-state index contributed by atoms with van der Waals surface area (Å²) < 4.78 is 9.63. The molecular formula is C13H15NO3. The van der Waals surface area contributed by atoms with E-state index < -0.39 is 12.3 Å². The second-order valence-electron chi connectivity index (χ2n) is 3.62. The molecule has 0 aliphatic rings. The molecule has 1 unspecified atom stereocenters. The van der Waals surface area contributed by atoms with Crippen LogP contribution in [-0.4, -0.2) is 12.8 Å². The molecule has 4 heteroatoms. The maximum Gasteiger partial charge on any atom is 0.509 e. The third-order valence-corrected chi connectivity index (χ3v) is 2.40. The van der Waals surface area contributed by atoms with Crippen LogP contribution < -0.4 is 0 Å². The summed E-state index contributed by atoms with van der Waals surface area (Å²) in [5, 5.41) is 9.06. The van der Waals surface area contributed by atoms with Gasteiger partial charge in [0.2, 0.25) is 6.10 Å². The fourth-order valence-electron chi connectivity index (χ4n) is 1.64. The Balaban J connectivity index is 2.95. The van der Waals surface area contributed by atoms with Crippen LogP contribution in [0.2, 0.25) is 0 Å². The Morgan fingerprint density at radius 1 is 1.41 bits per heavy atom. The molecule has 0 N–H and O–H groups in total. The third-order valence-electron chi connectivity index (χ3n) is 2.40. The molecule has 0 fully saturated rings. The van der Waals surface area contributed by atoms with Crippen LogP contribution in [0.1, 0.15) is 29.7 Å². The van der Waals surface area contributed by atoms with Gasteiger partial charge in [0.1, 0.15) is 6.07 Å². The Labute approximate surface area is 101 Å². The Kier molecular flexibility index (Phi) is 4.53. The second-order valence-corrected chi connectivity index (χ2v) is 3.62. The number of ether oxygens (including phenoxy) is 2. The van der Waals surface area contributed by atoms with Gasteiger partial charge in [0.15, 0.2) is 0 Å². The fourth-order valence-corrected chi connectivity index (χ4v) is 1.64. The molecule has 0 amide bonds. The van der Waals surface area contributed by atoms with Gasteiger partial charge in [-0.1, -0.05) is 18.2 Å². The third kappa shape index (κ3) is 3.22. The Hall–Kier alpha value is -2.02. The lowest BCUT2D eigenvalue weighted by atomic mass is 9.99. The Bertz CT molecular complexity index is 428. The summed E-state index contributed by atoms with van der Waals surface area (Å²) in [5.74, 6) is 0. The molecule has 0 bridgehead atoms. The van der Waals surface area contributed by atoms with Crippen LogP contribution in [0, 0.1) is 25.2 Å². The highest BCUT2D eigenvalue weighted by Gasteiger charge is 2.20. The quantitative estimate of drug-likeness (QED) is 0.753. The molecule has 0 heterocycles. The molecule has 0 spiro atoms. The van der Waals surface area contributed by atoms with E-state index in [1.165, 1.54) is 0 Å². The summed E-state index contributed by atoms with van der Waals surface area (Å²) in [6, 6.07) is 7.61. The molecule has 0 aliphatic heterocycles. The average Bonchev–Trinajstić information content (AvgIpc) is 2.27. The highest BCUT2D eigenvalue weighted by atomic mass is 16.7. The zero-order valence-corrected chi connectivity index (χ0v) is 10.2. The lowest BCUT2D eigenvalue weighted by Gasteiger charge is -2.15. The summed E-state index contributed by atoms with van der Waals surface area (Å²) in [4.78, 5) is 11.2. The Morgan fingerprint density at radius 2 is 2.00 bits per heavy atom. The van der Waals surface area contributed by atoms with Gasteiger partial charge in [0.05, 0.1) is 6.61 Å². The van der Waals surface area contributed by atoms with Crippen molar-refractivity contribution in [3.63, 3.8) is 0 Å². The van der Waals surface area contributed by atoms with Crippen molar-refractivity contribution in [2.75, 3.05) is 6.61 Å². The first kappa shape index (κ1) is 13.0. The maximum atomic E-state index is 11.2. The molecule has 90 valence electrons. The van der Waals surface area contributed by atoms with Gasteiger partial charge >= 0.3 is 6.16 Å². The van der Waals surface area contributed by atoms with E-state index in [1.807, 2.05) is 38.1 Å². The van der Waals surface area contributed by atoms with E-state index in [4.69, 9.17) is 10.00 Å². The summed E-state index contributed by atoms with van der Waals surface area (Å²) >= 11 is 0. The van der Waals surface area contributed by atoms with Crippen LogP contribution in [0.15, 0.2) is 18.2 Å². The number of aryl methyl sites for hydroxylation is 2. The maximum absolute atomic E-state index is 11.2. The Morgan fingerprint density at radius 3 is 2.47 bits per heavy atom. The molecule has 1 atom stereocenters. The highest BCUT2D eigenvalue weighted by Crippen LogP contribution is 2.24. The van der Waals surface area contributed by atoms with E-state index in [0.29, 0.717) is 0 Å². The number of hydrogen-bond acceptors (Lipinski definition) is 4. The number of carbonyl (C=O) groups is 1. The average molecular weight is 233 g/mol. The molecule has 0 aliphatic carbocycles. The van der Waals surface area contributed by atoms with Crippen LogP contribution in [0.4, 0.5) is 4.79 Å². The van der Waals surface area contributed by atoms with E-state index in [-0.39, 0.29) is 6.61 Å². The second kappa shape index (κ2) is 5.90. The lowest BCUT2D eigenvalue weighted by Crippen LogP contribution is -2.13. The van der Waals surface area contributed by atoms with Gasteiger partial charge in [0, 0.05) is 5.56 Å². The van der Waals surface area contributed by atoms with Gasteiger partial charge in [-0.2, -0.15) is 5.26 Å². The van der Waals surface area contributed by atoms with Crippen molar-refractivity contribution in [1.82, 2.24) is 0 Å². The predicted molar refractivity (Wildman–Crippen MR) is 62.4 cm³/mol. The van der Waals surface area contributed by atoms with E-state index in [1.54, 1.807) is 6.92 Å². The van der Waals surface area contributed by atoms with Crippen molar-refractivity contribution >= 4 is 6.16 Å². The van der Waals surface area contributed by atoms with Gasteiger partial charge in [-0.05, 0) is 31.9 Å². The molecule has 1 rings (SSSR count). The van der Waals surface area contributed by atoms with Gasteiger partial charge in [-0.25, -0.2) is 4.79 Å². The van der Waals surface area contributed by atoms with Crippen molar-refractivity contribution < 1.29 is 14.3 Å². The summed E-state index contributed by atoms with van der Waals surface area (Å²) in [7, 11) is 0. The molecule has 1 aromatic rings. The zero-order chi connectivity index (χ0) is 12.8. The van der Waals surface area contributed by atoms with Crippen LogP contribution in [0.25, 0.3) is 0 Å². The van der Waals surface area contributed by atoms with E-state index in [2.05, 4.69) is 4.74 Å². The minimum atomic E-state index is -0.921. The predicted octanol–water partition coefficient (Wildman–Crippen LogP) is 3.04. The minimum absolute atomic E-state index is 0.226. The topological polar surface area (TPSA) is 59.3 Å². The number of nitrogens with zero attached hydrogens (tertiary/aromatic N) is 1. The normalized spacial score (nSPS) is 11.4. The zero-order valence-electron chi connectivity index (χ0n) is 10.2. The van der Waals surface area contributed by atoms with Crippen molar-refractivity contribution in [1.29, 1.82) is 5.26 Å². The molecule has 0 aromatic heterocycles. The number of carbonyl (C=O) groups excluding carboxylic acids is 1. The standard InChI is InChI=1S/C13H15NO3/c1-4-16-13(15)17-11(8-14)12-9(2)6-5-7-10(12)3/h5-7,11H,4H2,1-3H3. The van der Waals surface area contributed by atoms with Crippen LogP contribution >= 0.6 is 0 Å². The van der Waals surface area contributed by atoms with Gasteiger partial charge < -0.3 is 9.47 Å². The molecule has 0 saturated heterocycles. The van der Waals surface area contributed by atoms with E-state index in [0.717, 1.165) is 16.7 Å². The monoisotopic (exact) mass is 233 g/mol. The number of hydrogen-bond donors (Lipinski definition) is 0. The van der Waals surface area contributed by atoms with Crippen LogP contribution in [0.5, 0.6) is 0 Å². The molecule has 17 heavy (non-hydrogen) atoms. The summed E-state index contributed by atoms with van der Waals surface area (Å²) in [5.41, 5.74) is 2.56. The molecule has 1 aromatic carbocycles. The van der Waals surface area contributed by atoms with E-state index in [9.17, 15) is 4.79 Å². The largest absolute Gasteiger partial charge is 0.509 e. The van der Waals surface area contributed by atoms with Crippen LogP contribution in [0.3, 0.4) is 0 Å². The first-order chi connectivity index (χ1) is 8.10. The van der Waals surface area contributed by atoms with Crippen molar-refractivity contribution in [2.45, 2.75) is 26.9 Å². The molecular weight excluding hydrogens is 218 g/mol. The van der Waals surface area contributed by atoms with Crippen molar-refractivity contribution in [2.24, 2.45) is 0 Å². The van der Waals surface area contributed by atoms with Gasteiger partial charge in [-0.15, -0.1) is 0 Å². The van der Waals surface area contributed by atoms with Gasteiger partial charge in [0.25, 0.3) is 0 Å². The van der Waals surface area contributed by atoms with Crippen molar-refractivity contribution in [3.05, 3.63) is 34.9 Å². The fraction of sp³-hybridized carbons (Fsp3) is 0.385. The first-order valence-corrected chi connectivity index (χ1v) is 5.39. The number of rotatable bonds is 3. The van der Waals surface area contributed by atoms with Gasteiger partial charge in [-0.3, -0.25) is 0 Å². The highest BCUT2D eigenvalue weighted by molar-refractivity contribution is 5.61. The summed E-state index contributed by atoms with van der Waals surface area (Å²) in [6.45, 7) is 5.66. The number of benzene rings is 1. The first-order valence-electron chi connectivity index (χ1n) is 5.39. The smallest absolute Gasteiger partial charge is 0.435 e. The van der Waals surface area contributed by atoms with Crippen molar-refractivity contribution in [3.8, 4) is 6.07 Å².